The number of benzene rings is 2. The van der Waals surface area contributed by atoms with E-state index in [1.807, 2.05) is 84.9 Å². The first-order chi connectivity index (χ1) is 18.2. The summed E-state index contributed by atoms with van der Waals surface area (Å²) in [6.45, 7) is 19.5. The third-order valence-corrected chi connectivity index (χ3v) is 6.67. The molecule has 0 aliphatic carbocycles. The van der Waals surface area contributed by atoms with Gasteiger partial charge in [-0.1, -0.05) is 57.2 Å². The fraction of sp³-hybridized carbons (Fsp3) is 0.531. The van der Waals surface area contributed by atoms with Crippen LogP contribution in [0.4, 0.5) is 10.5 Å². The third-order valence-electron chi connectivity index (χ3n) is 6.67. The van der Waals surface area contributed by atoms with E-state index in [9.17, 15) is 14.4 Å². The van der Waals surface area contributed by atoms with Crippen LogP contribution in [0.25, 0.3) is 0 Å². The summed E-state index contributed by atoms with van der Waals surface area (Å²) in [5.74, 6) is -0.470. The average Bonchev–Trinajstić information content (AvgIpc) is 2.81. The Bertz CT molecular complexity index is 1150. The van der Waals surface area contributed by atoms with E-state index in [1.54, 1.807) is 25.7 Å². The molecule has 2 aromatic carbocycles. The summed E-state index contributed by atoms with van der Waals surface area (Å²) in [6, 6.07) is 9.95. The Balaban J connectivity index is 2.60. The van der Waals surface area contributed by atoms with Crippen LogP contribution >= 0.6 is 0 Å². The van der Waals surface area contributed by atoms with E-state index in [2.05, 4.69) is 10.6 Å². The predicted octanol–water partition coefficient (Wildman–Crippen LogP) is 6.78. The van der Waals surface area contributed by atoms with Gasteiger partial charge in [0.1, 0.15) is 17.7 Å². The molecule has 2 atom stereocenters. The van der Waals surface area contributed by atoms with Crippen molar-refractivity contribution in [3.8, 4) is 0 Å². The van der Waals surface area contributed by atoms with Crippen molar-refractivity contribution >= 4 is 23.6 Å². The maximum Gasteiger partial charge on any atom is 0.408 e. The van der Waals surface area contributed by atoms with Gasteiger partial charge < -0.3 is 20.3 Å². The van der Waals surface area contributed by atoms with Crippen LogP contribution in [0, 0.1) is 33.6 Å². The van der Waals surface area contributed by atoms with E-state index in [4.69, 9.17) is 4.74 Å². The maximum atomic E-state index is 14.2. The number of hydrogen-bond acceptors (Lipinski definition) is 4. The maximum absolute atomic E-state index is 14.2. The van der Waals surface area contributed by atoms with Crippen molar-refractivity contribution in [1.82, 2.24) is 10.2 Å². The monoisotopic (exact) mass is 537 g/mol. The highest BCUT2D eigenvalue weighted by Gasteiger charge is 2.37. The number of alkyl carbamates (subject to hydrolysis) is 1. The number of nitrogens with zero attached hydrogens (tertiary/aromatic N) is 1. The van der Waals surface area contributed by atoms with Crippen LogP contribution in [0.15, 0.2) is 36.4 Å². The van der Waals surface area contributed by atoms with Crippen LogP contribution in [0.3, 0.4) is 0 Å². The Morgan fingerprint density at radius 2 is 1.49 bits per heavy atom. The second-order valence-electron chi connectivity index (χ2n) is 11.8. The first-order valence-corrected chi connectivity index (χ1v) is 13.9. The Morgan fingerprint density at radius 1 is 0.923 bits per heavy atom. The fourth-order valence-electron chi connectivity index (χ4n) is 4.67. The summed E-state index contributed by atoms with van der Waals surface area (Å²) in [6.07, 6.45) is 0.405. The van der Waals surface area contributed by atoms with Crippen molar-refractivity contribution in [3.05, 3.63) is 64.2 Å². The lowest BCUT2D eigenvalue weighted by Crippen LogP contribution is -2.53. The zero-order chi connectivity index (χ0) is 29.5. The number of amides is 3. The van der Waals surface area contributed by atoms with Gasteiger partial charge >= 0.3 is 6.09 Å². The number of nitrogens with one attached hydrogen (secondary N) is 2. The summed E-state index contributed by atoms with van der Waals surface area (Å²) >= 11 is 0. The number of aryl methyl sites for hydroxylation is 3. The van der Waals surface area contributed by atoms with E-state index >= 15 is 0 Å². The lowest BCUT2D eigenvalue weighted by molar-refractivity contribution is -0.141. The quantitative estimate of drug-likeness (QED) is 0.350. The lowest BCUT2D eigenvalue weighted by atomic mass is 9.94. The van der Waals surface area contributed by atoms with Gasteiger partial charge in [0.25, 0.3) is 5.91 Å². The minimum atomic E-state index is -0.883. The number of carbonyl (C=O) groups is 3. The molecule has 7 nitrogen and oxygen atoms in total. The van der Waals surface area contributed by atoms with Gasteiger partial charge in [-0.3, -0.25) is 9.59 Å². The molecule has 7 heteroatoms. The summed E-state index contributed by atoms with van der Waals surface area (Å²) in [5, 5.41) is 5.92. The molecule has 0 saturated carbocycles. The predicted molar refractivity (Wildman–Crippen MR) is 158 cm³/mol. The van der Waals surface area contributed by atoms with Gasteiger partial charge in [0.15, 0.2) is 0 Å². The highest BCUT2D eigenvalue weighted by Crippen LogP contribution is 2.30. The minimum Gasteiger partial charge on any atom is -0.444 e. The Morgan fingerprint density at radius 3 is 2.03 bits per heavy atom. The molecule has 3 amide bonds. The Kier molecular flexibility index (Phi) is 11.1. The smallest absolute Gasteiger partial charge is 0.408 e. The molecule has 0 aliphatic rings. The molecular weight excluding hydrogens is 490 g/mol. The van der Waals surface area contributed by atoms with E-state index in [1.165, 1.54) is 0 Å². The van der Waals surface area contributed by atoms with Crippen molar-refractivity contribution in [2.75, 3.05) is 11.9 Å². The summed E-state index contributed by atoms with van der Waals surface area (Å²) in [7, 11) is 0. The van der Waals surface area contributed by atoms with Crippen LogP contribution in [0.1, 0.15) is 88.2 Å². The van der Waals surface area contributed by atoms with Crippen molar-refractivity contribution in [1.29, 1.82) is 0 Å². The van der Waals surface area contributed by atoms with Crippen LogP contribution in [-0.2, 0) is 14.3 Å². The third kappa shape index (κ3) is 8.84. The second-order valence-corrected chi connectivity index (χ2v) is 11.8. The molecule has 0 saturated heterocycles. The molecular formula is C32H47N3O4. The van der Waals surface area contributed by atoms with Gasteiger partial charge in [-0.05, 0) is 95.0 Å². The molecule has 0 fully saturated rings. The van der Waals surface area contributed by atoms with Gasteiger partial charge in [0, 0.05) is 12.2 Å². The van der Waals surface area contributed by atoms with E-state index < -0.39 is 23.8 Å². The van der Waals surface area contributed by atoms with Crippen LogP contribution in [0.5, 0.6) is 0 Å². The lowest BCUT2D eigenvalue weighted by Gasteiger charge is -2.35. The van der Waals surface area contributed by atoms with E-state index in [0.717, 1.165) is 33.5 Å². The minimum absolute atomic E-state index is 0.125. The first kappa shape index (κ1) is 31.9. The van der Waals surface area contributed by atoms with Crippen LogP contribution in [0.2, 0.25) is 0 Å². The van der Waals surface area contributed by atoms with Gasteiger partial charge in [-0.2, -0.15) is 0 Å². The van der Waals surface area contributed by atoms with Crippen molar-refractivity contribution < 1.29 is 19.1 Å². The zero-order valence-electron chi connectivity index (χ0n) is 25.4. The standard InChI is InChI=1S/C32H47N3O4/c1-11-18-35(30(37)26(19-20(2)3)33-31(38)39-32(8,9)10)28(25-17-13-14-21(4)24(25)7)29(36)34-27-22(5)15-12-16-23(27)6/h12-17,20,26,28H,11,18-19H2,1-10H3,(H,33,38)(H,34,36). The van der Waals surface area contributed by atoms with Gasteiger partial charge in [-0.15, -0.1) is 0 Å². The summed E-state index contributed by atoms with van der Waals surface area (Å²) in [5.41, 5.74) is 4.68. The van der Waals surface area contributed by atoms with Crippen molar-refractivity contribution in [2.45, 2.75) is 99.8 Å². The molecule has 2 rings (SSSR count). The first-order valence-electron chi connectivity index (χ1n) is 13.9. The van der Waals surface area contributed by atoms with Gasteiger partial charge in [0.05, 0.1) is 0 Å². The summed E-state index contributed by atoms with van der Waals surface area (Å²) < 4.78 is 5.47. The fourth-order valence-corrected chi connectivity index (χ4v) is 4.67. The molecule has 2 unspecified atom stereocenters. The zero-order valence-corrected chi connectivity index (χ0v) is 25.4. The topological polar surface area (TPSA) is 87.7 Å². The van der Waals surface area contributed by atoms with Crippen LogP contribution < -0.4 is 10.6 Å². The highest BCUT2D eigenvalue weighted by molar-refractivity contribution is 6.00. The Labute approximate surface area is 234 Å². The average molecular weight is 538 g/mol. The highest BCUT2D eigenvalue weighted by atomic mass is 16.6. The molecule has 0 aromatic heterocycles. The molecule has 0 aliphatic heterocycles. The van der Waals surface area contributed by atoms with Crippen molar-refractivity contribution in [2.24, 2.45) is 5.92 Å². The molecule has 0 spiro atoms. The molecule has 2 N–H and O–H groups in total. The number of para-hydroxylation sites is 1. The van der Waals surface area contributed by atoms with Gasteiger partial charge in [0.2, 0.25) is 5.91 Å². The molecule has 214 valence electrons. The number of anilines is 1. The van der Waals surface area contributed by atoms with Crippen LogP contribution in [-0.4, -0.2) is 41.0 Å². The number of hydrogen-bond donors (Lipinski definition) is 2. The molecule has 2 aromatic rings. The Hall–Kier alpha value is -3.35. The van der Waals surface area contributed by atoms with Crippen molar-refractivity contribution in [3.63, 3.8) is 0 Å². The number of rotatable bonds is 10. The molecule has 0 radical (unpaired) electrons. The number of carbonyl (C=O) groups excluding carboxylic acids is 3. The number of ether oxygens (including phenoxy) is 1. The van der Waals surface area contributed by atoms with E-state index in [-0.39, 0.29) is 17.7 Å². The molecule has 0 bridgehead atoms. The second kappa shape index (κ2) is 13.6. The SMILES string of the molecule is CCCN(C(=O)C(CC(C)C)NC(=O)OC(C)(C)C)C(C(=O)Nc1c(C)cccc1C)c1cccc(C)c1C. The normalized spacial score (nSPS) is 13.0. The molecule has 0 heterocycles. The van der Waals surface area contributed by atoms with E-state index in [0.29, 0.717) is 19.4 Å². The van der Waals surface area contributed by atoms with Gasteiger partial charge in [-0.25, -0.2) is 4.79 Å². The molecule has 39 heavy (non-hydrogen) atoms. The summed E-state index contributed by atoms with van der Waals surface area (Å²) in [4.78, 5) is 42.7. The largest absolute Gasteiger partial charge is 0.444 e.